The van der Waals surface area contributed by atoms with E-state index in [0.717, 1.165) is 10.4 Å². The van der Waals surface area contributed by atoms with Gasteiger partial charge in [0.1, 0.15) is 11.0 Å². The van der Waals surface area contributed by atoms with Crippen molar-refractivity contribution in [1.29, 1.82) is 0 Å². The second kappa shape index (κ2) is 3.76. The molecule has 15 heavy (non-hydrogen) atoms. The highest BCUT2D eigenvalue weighted by Crippen LogP contribution is 2.15. The predicted molar refractivity (Wildman–Crippen MR) is 64.5 cm³/mol. The normalized spacial score (nSPS) is 25.7. The monoisotopic (exact) mass is 219 g/mol. The van der Waals surface area contributed by atoms with E-state index in [1.807, 2.05) is 55.5 Å². The zero-order valence-electron chi connectivity index (χ0n) is 8.51. The first-order valence-electron chi connectivity index (χ1n) is 4.76. The minimum absolute atomic E-state index is 0.580. The Labute approximate surface area is 91.4 Å². The van der Waals surface area contributed by atoms with Crippen LogP contribution >= 0.6 is 0 Å². The van der Waals surface area contributed by atoms with Crippen molar-refractivity contribution in [1.82, 2.24) is 0 Å². The van der Waals surface area contributed by atoms with Gasteiger partial charge in [-0.3, -0.25) is 5.14 Å². The number of fused-ring (bicyclic) bond motifs is 1. The molecule has 1 aromatic rings. The van der Waals surface area contributed by atoms with E-state index in [1.165, 1.54) is 0 Å². The van der Waals surface area contributed by atoms with Crippen LogP contribution in [0.15, 0.2) is 36.4 Å². The summed E-state index contributed by atoms with van der Waals surface area (Å²) in [5, 5.41) is 7.70. The number of hydrogen-bond acceptors (Lipinski definition) is 1. The van der Waals surface area contributed by atoms with Crippen LogP contribution in [0.1, 0.15) is 6.92 Å². The topological polar surface area (TPSA) is 43.1 Å². The molecule has 0 saturated carbocycles. The molecule has 1 aromatic carbocycles. The molecule has 1 aliphatic rings. The zero-order chi connectivity index (χ0) is 10.9. The molecule has 0 fully saturated rings. The van der Waals surface area contributed by atoms with E-state index in [0.29, 0.717) is 0 Å². The lowest BCUT2D eigenvalue weighted by molar-refractivity contribution is 0.675. The molecule has 0 amide bonds. The van der Waals surface area contributed by atoms with Crippen LogP contribution in [0.2, 0.25) is 0 Å². The summed E-state index contributed by atoms with van der Waals surface area (Å²) in [5.74, 6) is 0. The van der Waals surface area contributed by atoms with Crippen molar-refractivity contribution in [3.63, 3.8) is 0 Å². The van der Waals surface area contributed by atoms with Crippen LogP contribution in [-0.4, -0.2) is 8.96 Å². The fourth-order valence-electron chi connectivity index (χ4n) is 1.62. The van der Waals surface area contributed by atoms with Crippen molar-refractivity contribution in [2.45, 2.75) is 11.7 Å². The molecule has 3 heteroatoms. The molecule has 0 aromatic heterocycles. The smallest absolute Gasteiger partial charge is 0.103 e. The molecule has 2 nitrogen and oxygen atoms in total. The summed E-state index contributed by atoms with van der Waals surface area (Å²) < 4.78 is 10.9. The second-order valence-electron chi connectivity index (χ2n) is 3.78. The first-order chi connectivity index (χ1) is 7.12. The molecule has 0 aliphatic heterocycles. The van der Waals surface area contributed by atoms with Gasteiger partial charge in [-0.1, -0.05) is 48.6 Å². The molecule has 0 radical (unpaired) electrons. The van der Waals surface area contributed by atoms with E-state index in [2.05, 4.69) is 0 Å². The Morgan fingerprint density at radius 2 is 1.93 bits per heavy atom. The largest absolute Gasteiger partial charge is 0.251 e. The summed E-state index contributed by atoms with van der Waals surface area (Å²) >= 11 is 0. The van der Waals surface area contributed by atoms with Gasteiger partial charge in [0.15, 0.2) is 0 Å². The van der Waals surface area contributed by atoms with Crippen molar-refractivity contribution < 1.29 is 4.21 Å². The fourth-order valence-corrected chi connectivity index (χ4v) is 2.07. The van der Waals surface area contributed by atoms with Crippen molar-refractivity contribution in [2.24, 2.45) is 5.14 Å². The third-order valence-corrected chi connectivity index (χ3v) is 3.70. The van der Waals surface area contributed by atoms with Crippen molar-refractivity contribution in [2.75, 3.05) is 0 Å². The minimum atomic E-state index is -1.40. The Morgan fingerprint density at radius 3 is 2.60 bits per heavy atom. The first-order valence-corrected chi connectivity index (χ1v) is 5.97. The molecule has 2 rings (SSSR count). The number of rotatable bonds is 1. The minimum Gasteiger partial charge on any atom is -0.251 e. The van der Waals surface area contributed by atoms with Gasteiger partial charge in [0.2, 0.25) is 0 Å². The first kappa shape index (κ1) is 10.3. The van der Waals surface area contributed by atoms with Crippen molar-refractivity contribution in [3.05, 3.63) is 46.9 Å². The lowest BCUT2D eigenvalue weighted by Gasteiger charge is -2.16. The number of allylic oxidation sites excluding steroid dienone is 1. The molecule has 2 unspecified atom stereocenters. The van der Waals surface area contributed by atoms with Crippen molar-refractivity contribution >= 4 is 23.1 Å². The molecular formula is C12H13NOS. The average molecular weight is 219 g/mol. The van der Waals surface area contributed by atoms with Crippen molar-refractivity contribution in [3.8, 4) is 0 Å². The highest BCUT2D eigenvalue weighted by atomic mass is 32.2. The van der Waals surface area contributed by atoms with Gasteiger partial charge in [-0.05, 0) is 17.4 Å². The summed E-state index contributed by atoms with van der Waals surface area (Å²) in [6.07, 6.45) is 7.75. The Balaban J connectivity index is 2.73. The summed E-state index contributed by atoms with van der Waals surface area (Å²) in [6.45, 7) is 1.87. The standard InChI is InChI=1S/C12H13NOS/c1-12(15(13)14)8-4-7-10-5-2-3-6-11(10)9-12/h2-9H,13H2,1H3. The lowest BCUT2D eigenvalue weighted by atomic mass is 10.1. The quantitative estimate of drug-likeness (QED) is 0.720. The molecule has 0 heterocycles. The zero-order valence-corrected chi connectivity index (χ0v) is 9.33. The maximum atomic E-state index is 11.5. The molecule has 2 atom stereocenters. The maximum Gasteiger partial charge on any atom is 0.103 e. The summed E-state index contributed by atoms with van der Waals surface area (Å²) in [4.78, 5) is 0. The summed E-state index contributed by atoms with van der Waals surface area (Å²) in [6, 6.07) is 7.98. The van der Waals surface area contributed by atoms with Crippen LogP contribution in [0.4, 0.5) is 0 Å². The van der Waals surface area contributed by atoms with Gasteiger partial charge < -0.3 is 0 Å². The van der Waals surface area contributed by atoms with Crippen LogP contribution in [0.5, 0.6) is 0 Å². The Morgan fingerprint density at radius 1 is 1.27 bits per heavy atom. The van der Waals surface area contributed by atoms with Gasteiger partial charge in [0, 0.05) is 0 Å². The summed E-state index contributed by atoms with van der Waals surface area (Å²) in [5.41, 5.74) is 0. The number of nitrogens with two attached hydrogens (primary N) is 1. The third kappa shape index (κ3) is 1.94. The molecule has 0 bridgehead atoms. The van der Waals surface area contributed by atoms with Gasteiger partial charge in [0.05, 0.1) is 4.75 Å². The van der Waals surface area contributed by atoms with Gasteiger partial charge in [-0.2, -0.15) is 0 Å². The molecule has 78 valence electrons. The summed E-state index contributed by atoms with van der Waals surface area (Å²) in [7, 11) is -1.40. The molecule has 0 spiro atoms. The van der Waals surface area contributed by atoms with E-state index in [-0.39, 0.29) is 0 Å². The molecular weight excluding hydrogens is 206 g/mol. The average Bonchev–Trinajstić information content (AvgIpc) is 2.36. The number of hydrogen-bond donors (Lipinski definition) is 1. The predicted octanol–water partition coefficient (Wildman–Crippen LogP) is 0.198. The van der Waals surface area contributed by atoms with E-state index in [9.17, 15) is 4.21 Å². The van der Waals surface area contributed by atoms with Crippen LogP contribution in [0.25, 0.3) is 12.2 Å². The fraction of sp³-hybridized carbons (Fsp3) is 0.167. The number of benzene rings is 1. The van der Waals surface area contributed by atoms with Gasteiger partial charge in [-0.25, -0.2) is 4.21 Å². The highest BCUT2D eigenvalue weighted by Gasteiger charge is 2.23. The van der Waals surface area contributed by atoms with Crippen LogP contribution in [0, 0.1) is 0 Å². The second-order valence-corrected chi connectivity index (χ2v) is 5.25. The van der Waals surface area contributed by atoms with Crippen LogP contribution in [0.3, 0.4) is 0 Å². The third-order valence-electron chi connectivity index (χ3n) is 2.57. The maximum absolute atomic E-state index is 11.5. The molecule has 0 saturated heterocycles. The van der Waals surface area contributed by atoms with Crippen LogP contribution < -0.4 is 15.6 Å². The van der Waals surface area contributed by atoms with E-state index in [1.54, 1.807) is 0 Å². The SMILES string of the molecule is CC1(S(N)=O)C=CC=c2ccccc2=C1. The highest BCUT2D eigenvalue weighted by molar-refractivity contribution is 7.84. The van der Waals surface area contributed by atoms with Gasteiger partial charge in [0.25, 0.3) is 0 Å². The van der Waals surface area contributed by atoms with E-state index >= 15 is 0 Å². The van der Waals surface area contributed by atoms with Gasteiger partial charge >= 0.3 is 0 Å². The van der Waals surface area contributed by atoms with Gasteiger partial charge in [-0.15, -0.1) is 0 Å². The Kier molecular flexibility index (Phi) is 2.59. The molecule has 1 aliphatic carbocycles. The Hall–Kier alpha value is -1.19. The van der Waals surface area contributed by atoms with E-state index < -0.39 is 15.7 Å². The molecule has 2 N–H and O–H groups in total. The lowest BCUT2D eigenvalue weighted by Crippen LogP contribution is -2.34. The van der Waals surface area contributed by atoms with Crippen LogP contribution in [-0.2, 0) is 11.0 Å². The Bertz CT molecular complexity index is 547. The van der Waals surface area contributed by atoms with E-state index in [4.69, 9.17) is 5.14 Å².